The Kier molecular flexibility index (Phi) is 7.27. The van der Waals surface area contributed by atoms with Crippen LogP contribution in [0.4, 0.5) is 8.78 Å². The smallest absolute Gasteiger partial charge is 0.133 e. The monoisotopic (exact) mass is 264 g/mol. The fraction of sp³-hybridized carbons (Fsp3) is 0.500. The van der Waals surface area contributed by atoms with Crippen LogP contribution in [0, 0.1) is 18.6 Å². The first kappa shape index (κ1) is 16.3. The first-order valence-electron chi connectivity index (χ1n) is 5.48. The third kappa shape index (κ3) is 4.22. The number of hydrogen-bond acceptors (Lipinski definition) is 2. The van der Waals surface area contributed by atoms with Crippen molar-refractivity contribution in [1.82, 2.24) is 0 Å². The molecule has 1 rings (SSSR count). The van der Waals surface area contributed by atoms with Crippen molar-refractivity contribution in [3.8, 4) is 0 Å². The van der Waals surface area contributed by atoms with Gasteiger partial charge in [0, 0.05) is 11.6 Å². The molecule has 5 heteroatoms. The van der Waals surface area contributed by atoms with Gasteiger partial charge in [-0.3, -0.25) is 0 Å². The molecule has 1 aromatic carbocycles. The van der Waals surface area contributed by atoms with Gasteiger partial charge in [-0.2, -0.15) is 0 Å². The maximum absolute atomic E-state index is 13.7. The highest BCUT2D eigenvalue weighted by Gasteiger charge is 2.17. The lowest BCUT2D eigenvalue weighted by Crippen LogP contribution is -2.15. The van der Waals surface area contributed by atoms with Crippen LogP contribution >= 0.6 is 12.4 Å². The average Bonchev–Trinajstić information content (AvgIpc) is 2.24. The Morgan fingerprint density at radius 1 is 1.24 bits per heavy atom. The summed E-state index contributed by atoms with van der Waals surface area (Å²) in [6, 6.07) is 2.09. The molecule has 0 fully saturated rings. The Morgan fingerprint density at radius 2 is 1.88 bits per heavy atom. The van der Waals surface area contributed by atoms with E-state index in [1.807, 2.05) is 0 Å². The predicted octanol–water partition coefficient (Wildman–Crippen LogP) is 2.82. The van der Waals surface area contributed by atoms with Crippen LogP contribution in [0.3, 0.4) is 0 Å². The molecule has 98 valence electrons. The van der Waals surface area contributed by atoms with Crippen molar-refractivity contribution >= 4 is 12.4 Å². The van der Waals surface area contributed by atoms with E-state index in [2.05, 4.69) is 0 Å². The van der Waals surface area contributed by atoms with Crippen molar-refractivity contribution < 1.29 is 8.78 Å². The first-order valence-corrected chi connectivity index (χ1v) is 5.48. The molecule has 0 saturated carbocycles. The lowest BCUT2D eigenvalue weighted by Gasteiger charge is -2.14. The van der Waals surface area contributed by atoms with Gasteiger partial charge in [0.25, 0.3) is 0 Å². The summed E-state index contributed by atoms with van der Waals surface area (Å²) >= 11 is 0. The number of unbranched alkanes of at least 4 members (excludes halogenated alkanes) is 1. The molecule has 2 nitrogen and oxygen atoms in total. The van der Waals surface area contributed by atoms with E-state index in [1.165, 1.54) is 12.1 Å². The molecule has 17 heavy (non-hydrogen) atoms. The fourth-order valence-electron chi connectivity index (χ4n) is 1.67. The van der Waals surface area contributed by atoms with E-state index in [4.69, 9.17) is 11.5 Å². The molecule has 0 aliphatic heterocycles. The standard InChI is InChI=1S/C12H18F2N2.ClH/c1-8-5-6-9(13)11(12(8)14)10(16)4-2-3-7-15;/h5-6,10H,2-4,7,15-16H2,1H3;1H/t10-;/m0./s1. The van der Waals surface area contributed by atoms with E-state index in [0.717, 1.165) is 12.8 Å². The molecule has 0 radical (unpaired) electrons. The summed E-state index contributed by atoms with van der Waals surface area (Å²) < 4.78 is 27.1. The van der Waals surface area contributed by atoms with Crippen molar-refractivity contribution in [2.45, 2.75) is 32.2 Å². The molecule has 1 aromatic rings. The van der Waals surface area contributed by atoms with Gasteiger partial charge in [-0.15, -0.1) is 12.4 Å². The molecule has 0 aliphatic rings. The summed E-state index contributed by atoms with van der Waals surface area (Å²) in [5.74, 6) is -1.09. The zero-order chi connectivity index (χ0) is 12.1. The molecule has 0 aliphatic carbocycles. The lowest BCUT2D eigenvalue weighted by atomic mass is 9.99. The summed E-state index contributed by atoms with van der Waals surface area (Å²) in [6.45, 7) is 2.18. The van der Waals surface area contributed by atoms with Gasteiger partial charge >= 0.3 is 0 Å². The van der Waals surface area contributed by atoms with Crippen LogP contribution in [-0.2, 0) is 0 Å². The minimum absolute atomic E-state index is 0. The number of nitrogens with two attached hydrogens (primary N) is 2. The molecule has 0 spiro atoms. The Morgan fingerprint density at radius 3 is 2.47 bits per heavy atom. The van der Waals surface area contributed by atoms with Gasteiger partial charge in [0.1, 0.15) is 11.6 Å². The summed E-state index contributed by atoms with van der Waals surface area (Å²) in [7, 11) is 0. The highest BCUT2D eigenvalue weighted by Crippen LogP contribution is 2.24. The number of aryl methyl sites for hydroxylation is 1. The summed E-state index contributed by atoms with van der Waals surface area (Å²) in [6.07, 6.45) is 2.15. The second-order valence-electron chi connectivity index (χ2n) is 3.98. The van der Waals surface area contributed by atoms with Crippen LogP contribution in [0.5, 0.6) is 0 Å². The quantitative estimate of drug-likeness (QED) is 0.804. The Labute approximate surface area is 107 Å². The maximum atomic E-state index is 13.7. The zero-order valence-electron chi connectivity index (χ0n) is 9.88. The number of halogens is 3. The highest BCUT2D eigenvalue weighted by molar-refractivity contribution is 5.85. The largest absolute Gasteiger partial charge is 0.330 e. The molecule has 0 saturated heterocycles. The van der Waals surface area contributed by atoms with Gasteiger partial charge in [0.15, 0.2) is 0 Å². The SMILES string of the molecule is Cc1ccc(F)c([C@@H](N)CCCCN)c1F.Cl. The third-order valence-electron chi connectivity index (χ3n) is 2.66. The summed E-state index contributed by atoms with van der Waals surface area (Å²) in [4.78, 5) is 0. The van der Waals surface area contributed by atoms with Crippen LogP contribution in [0.1, 0.15) is 36.4 Å². The summed E-state index contributed by atoms with van der Waals surface area (Å²) in [5, 5.41) is 0. The third-order valence-corrected chi connectivity index (χ3v) is 2.66. The van der Waals surface area contributed by atoms with Crippen LogP contribution in [0.2, 0.25) is 0 Å². The van der Waals surface area contributed by atoms with Gasteiger partial charge < -0.3 is 11.5 Å². The average molecular weight is 265 g/mol. The van der Waals surface area contributed by atoms with Crippen LogP contribution < -0.4 is 11.5 Å². The van der Waals surface area contributed by atoms with Gasteiger partial charge in [0.2, 0.25) is 0 Å². The van der Waals surface area contributed by atoms with Crippen LogP contribution in [0.25, 0.3) is 0 Å². The Bertz CT molecular complexity index is 359. The van der Waals surface area contributed by atoms with E-state index in [-0.39, 0.29) is 18.0 Å². The van der Waals surface area contributed by atoms with Crippen molar-refractivity contribution in [2.75, 3.05) is 6.54 Å². The molecule has 0 aromatic heterocycles. The Balaban J connectivity index is 0.00000256. The van der Waals surface area contributed by atoms with Crippen molar-refractivity contribution in [3.63, 3.8) is 0 Å². The number of hydrogen-bond donors (Lipinski definition) is 2. The van der Waals surface area contributed by atoms with Gasteiger partial charge in [-0.05, 0) is 37.9 Å². The van der Waals surface area contributed by atoms with Crippen LogP contribution in [-0.4, -0.2) is 6.54 Å². The maximum Gasteiger partial charge on any atom is 0.133 e. The van der Waals surface area contributed by atoms with Gasteiger partial charge in [-0.1, -0.05) is 12.5 Å². The molecule has 0 bridgehead atoms. The zero-order valence-corrected chi connectivity index (χ0v) is 10.7. The molecule has 1 atom stereocenters. The van der Waals surface area contributed by atoms with Gasteiger partial charge in [-0.25, -0.2) is 8.78 Å². The molecule has 0 heterocycles. The molecular weight excluding hydrogens is 246 g/mol. The predicted molar refractivity (Wildman–Crippen MR) is 68.2 cm³/mol. The van der Waals surface area contributed by atoms with Gasteiger partial charge in [0.05, 0.1) is 0 Å². The van der Waals surface area contributed by atoms with E-state index in [0.29, 0.717) is 18.5 Å². The summed E-state index contributed by atoms with van der Waals surface area (Å²) in [5.41, 5.74) is 11.6. The van der Waals surface area contributed by atoms with Crippen molar-refractivity contribution in [1.29, 1.82) is 0 Å². The minimum atomic E-state index is -0.591. The number of rotatable bonds is 5. The van der Waals surface area contributed by atoms with E-state index in [1.54, 1.807) is 6.92 Å². The topological polar surface area (TPSA) is 52.0 Å². The lowest BCUT2D eigenvalue weighted by molar-refractivity contribution is 0.497. The molecule has 0 amide bonds. The molecule has 4 N–H and O–H groups in total. The van der Waals surface area contributed by atoms with Crippen molar-refractivity contribution in [2.24, 2.45) is 11.5 Å². The first-order chi connectivity index (χ1) is 7.57. The van der Waals surface area contributed by atoms with E-state index in [9.17, 15) is 8.78 Å². The molecular formula is C12H19ClF2N2. The minimum Gasteiger partial charge on any atom is -0.330 e. The normalized spacial score (nSPS) is 12.1. The number of benzene rings is 1. The second-order valence-corrected chi connectivity index (χ2v) is 3.98. The molecule has 0 unspecified atom stereocenters. The fourth-order valence-corrected chi connectivity index (χ4v) is 1.67. The second kappa shape index (κ2) is 7.58. The van der Waals surface area contributed by atoms with Crippen molar-refractivity contribution in [3.05, 3.63) is 34.9 Å². The van der Waals surface area contributed by atoms with E-state index >= 15 is 0 Å². The Hall–Kier alpha value is -0.710. The van der Waals surface area contributed by atoms with E-state index < -0.39 is 17.7 Å². The highest BCUT2D eigenvalue weighted by atomic mass is 35.5. The van der Waals surface area contributed by atoms with Crippen LogP contribution in [0.15, 0.2) is 12.1 Å².